The third kappa shape index (κ3) is 5.77. The predicted molar refractivity (Wildman–Crippen MR) is 129 cm³/mol. The number of hydrogen-bond acceptors (Lipinski definition) is 5. The van der Waals surface area contributed by atoms with Crippen LogP contribution in [0.3, 0.4) is 0 Å². The number of hydrogen-bond donors (Lipinski definition) is 1. The van der Waals surface area contributed by atoms with E-state index < -0.39 is 22.5 Å². The van der Waals surface area contributed by atoms with Crippen molar-refractivity contribution in [2.24, 2.45) is 0 Å². The predicted octanol–water partition coefficient (Wildman–Crippen LogP) is 4.18. The second kappa shape index (κ2) is 10.6. The molecule has 0 unspecified atom stereocenters. The Morgan fingerprint density at radius 2 is 1.70 bits per heavy atom. The Morgan fingerprint density at radius 3 is 2.33 bits per heavy atom. The molecule has 174 valence electrons. The van der Waals surface area contributed by atoms with Crippen molar-refractivity contribution in [2.75, 3.05) is 25.1 Å². The van der Waals surface area contributed by atoms with Crippen molar-refractivity contribution in [3.8, 4) is 11.5 Å². The quantitative estimate of drug-likeness (QED) is 0.488. The Morgan fingerprint density at radius 1 is 1.00 bits per heavy atom. The minimum absolute atomic E-state index is 0.0527. The van der Waals surface area contributed by atoms with Gasteiger partial charge < -0.3 is 14.8 Å². The van der Waals surface area contributed by atoms with E-state index in [0.29, 0.717) is 10.8 Å². The topological polar surface area (TPSA) is 84.9 Å². The summed E-state index contributed by atoms with van der Waals surface area (Å²) in [4.78, 5) is 12.9. The summed E-state index contributed by atoms with van der Waals surface area (Å²) in [6, 6.07) is 18.3. The smallest absolute Gasteiger partial charge is 0.264 e. The molecule has 9 heteroatoms. The van der Waals surface area contributed by atoms with Crippen LogP contribution in [0.4, 0.5) is 5.69 Å². The van der Waals surface area contributed by atoms with Crippen molar-refractivity contribution in [1.82, 2.24) is 5.32 Å². The van der Waals surface area contributed by atoms with E-state index >= 15 is 0 Å². The van der Waals surface area contributed by atoms with Gasteiger partial charge >= 0.3 is 0 Å². The Hall–Kier alpha value is -3.23. The summed E-state index contributed by atoms with van der Waals surface area (Å²) >= 11 is 6.16. The highest BCUT2D eigenvalue weighted by atomic mass is 35.5. The molecule has 7 nitrogen and oxygen atoms in total. The Kier molecular flexibility index (Phi) is 7.84. The Balaban J connectivity index is 1.98. The molecule has 33 heavy (non-hydrogen) atoms. The number of halogens is 1. The maximum Gasteiger partial charge on any atom is 0.264 e. The molecule has 1 amide bonds. The molecule has 3 rings (SSSR count). The average molecular weight is 489 g/mol. The van der Waals surface area contributed by atoms with Crippen molar-refractivity contribution in [3.63, 3.8) is 0 Å². The van der Waals surface area contributed by atoms with Crippen LogP contribution >= 0.6 is 11.6 Å². The van der Waals surface area contributed by atoms with E-state index in [0.717, 1.165) is 15.4 Å². The number of aryl methyl sites for hydroxylation is 1. The third-order valence-corrected chi connectivity index (χ3v) is 7.13. The number of benzene rings is 3. The van der Waals surface area contributed by atoms with Crippen LogP contribution < -0.4 is 19.1 Å². The van der Waals surface area contributed by atoms with Gasteiger partial charge in [0, 0.05) is 17.6 Å². The van der Waals surface area contributed by atoms with Crippen LogP contribution in [0.15, 0.2) is 71.6 Å². The van der Waals surface area contributed by atoms with Gasteiger partial charge in [-0.05, 0) is 42.8 Å². The molecule has 0 aliphatic rings. The first-order valence-corrected chi connectivity index (χ1v) is 11.9. The van der Waals surface area contributed by atoms with Gasteiger partial charge in [-0.1, -0.05) is 47.5 Å². The first-order valence-electron chi connectivity index (χ1n) is 10.1. The van der Waals surface area contributed by atoms with Crippen molar-refractivity contribution < 1.29 is 22.7 Å². The highest BCUT2D eigenvalue weighted by Crippen LogP contribution is 2.35. The zero-order chi connectivity index (χ0) is 24.0. The molecule has 1 N–H and O–H groups in total. The van der Waals surface area contributed by atoms with Gasteiger partial charge in [0.1, 0.15) is 18.0 Å². The van der Waals surface area contributed by atoms with Crippen molar-refractivity contribution in [3.05, 3.63) is 82.9 Å². The molecule has 0 saturated carbocycles. The lowest BCUT2D eigenvalue weighted by Crippen LogP contribution is -2.41. The normalized spacial score (nSPS) is 11.0. The molecule has 0 aliphatic carbocycles. The number of amides is 1. The average Bonchev–Trinajstić information content (AvgIpc) is 2.81. The van der Waals surface area contributed by atoms with Gasteiger partial charge in [0.2, 0.25) is 5.91 Å². The van der Waals surface area contributed by atoms with Gasteiger partial charge in [0.15, 0.2) is 0 Å². The minimum atomic E-state index is -4.10. The number of nitrogens with one attached hydrogen (secondary N) is 1. The lowest BCUT2D eigenvalue weighted by atomic mass is 10.2. The molecule has 0 fully saturated rings. The highest BCUT2D eigenvalue weighted by molar-refractivity contribution is 7.92. The second-order valence-corrected chi connectivity index (χ2v) is 9.50. The molecule has 3 aromatic rings. The number of sulfonamides is 1. The fraction of sp³-hybridized carbons (Fsp3) is 0.208. The molecule has 0 aromatic heterocycles. The molecule has 0 bridgehead atoms. The van der Waals surface area contributed by atoms with Gasteiger partial charge in [-0.25, -0.2) is 8.42 Å². The van der Waals surface area contributed by atoms with E-state index in [1.54, 1.807) is 42.5 Å². The fourth-order valence-corrected chi connectivity index (χ4v) is 4.78. The number of anilines is 1. The molecule has 0 saturated heterocycles. The van der Waals surface area contributed by atoms with Gasteiger partial charge in [-0.3, -0.25) is 9.10 Å². The maximum atomic E-state index is 13.6. The Labute approximate surface area is 198 Å². The number of carbonyl (C=O) groups is 1. The zero-order valence-electron chi connectivity index (χ0n) is 18.5. The van der Waals surface area contributed by atoms with Crippen LogP contribution in [0.5, 0.6) is 11.5 Å². The number of ether oxygens (including phenoxy) is 2. The second-order valence-electron chi connectivity index (χ2n) is 7.23. The minimum Gasteiger partial charge on any atom is -0.497 e. The van der Waals surface area contributed by atoms with Crippen molar-refractivity contribution in [1.29, 1.82) is 0 Å². The first kappa shape index (κ1) is 24.4. The molecule has 0 aliphatic heterocycles. The van der Waals surface area contributed by atoms with Crippen LogP contribution in [0, 0.1) is 6.92 Å². The summed E-state index contributed by atoms with van der Waals surface area (Å²) in [6.07, 6.45) is 0. The lowest BCUT2D eigenvalue weighted by molar-refractivity contribution is -0.119. The summed E-state index contributed by atoms with van der Waals surface area (Å²) < 4.78 is 38.9. The summed E-state index contributed by atoms with van der Waals surface area (Å²) in [5.74, 6) is 0.201. The number of carbonyl (C=O) groups excluding carboxylic acids is 1. The summed E-state index contributed by atoms with van der Waals surface area (Å²) in [7, 11) is -1.20. The van der Waals surface area contributed by atoms with E-state index in [1.165, 1.54) is 32.4 Å². The first-order chi connectivity index (χ1) is 15.8. The molecule has 0 heterocycles. The fourth-order valence-electron chi connectivity index (χ4n) is 3.15. The van der Waals surface area contributed by atoms with Crippen LogP contribution in [0.1, 0.15) is 11.1 Å². The van der Waals surface area contributed by atoms with Gasteiger partial charge in [0.05, 0.1) is 24.8 Å². The van der Waals surface area contributed by atoms with Crippen LogP contribution in [-0.2, 0) is 21.4 Å². The lowest BCUT2D eigenvalue weighted by Gasteiger charge is -2.26. The number of methoxy groups -OCH3 is 2. The standard InChI is InChI=1S/C24H25ClN2O5S/c1-17-8-11-20(12-9-17)33(29,30)27(22-14-19(31-2)10-13-23(22)32-3)16-24(28)26-15-18-6-4-5-7-21(18)25/h4-14H,15-16H2,1-3H3,(H,26,28). The van der Waals surface area contributed by atoms with E-state index in [4.69, 9.17) is 21.1 Å². The molecular weight excluding hydrogens is 464 g/mol. The number of rotatable bonds is 9. The summed E-state index contributed by atoms with van der Waals surface area (Å²) in [5.41, 5.74) is 1.82. The summed E-state index contributed by atoms with van der Waals surface area (Å²) in [5, 5.41) is 3.25. The largest absolute Gasteiger partial charge is 0.497 e. The van der Waals surface area contributed by atoms with Crippen LogP contribution in [0.25, 0.3) is 0 Å². The van der Waals surface area contributed by atoms with E-state index in [1.807, 2.05) is 13.0 Å². The van der Waals surface area contributed by atoms with Crippen LogP contribution in [-0.4, -0.2) is 35.1 Å². The van der Waals surface area contributed by atoms with E-state index in [9.17, 15) is 13.2 Å². The maximum absolute atomic E-state index is 13.6. The van der Waals surface area contributed by atoms with E-state index in [-0.39, 0.29) is 22.9 Å². The highest BCUT2D eigenvalue weighted by Gasteiger charge is 2.30. The van der Waals surface area contributed by atoms with E-state index in [2.05, 4.69) is 5.32 Å². The van der Waals surface area contributed by atoms with Gasteiger partial charge in [-0.2, -0.15) is 0 Å². The number of nitrogens with zero attached hydrogens (tertiary/aromatic N) is 1. The molecule has 0 spiro atoms. The van der Waals surface area contributed by atoms with Gasteiger partial charge in [-0.15, -0.1) is 0 Å². The molecule has 3 aromatic carbocycles. The molecule has 0 radical (unpaired) electrons. The third-order valence-electron chi connectivity index (χ3n) is 4.98. The molecular formula is C24H25ClN2O5S. The van der Waals surface area contributed by atoms with Crippen molar-refractivity contribution in [2.45, 2.75) is 18.4 Å². The zero-order valence-corrected chi connectivity index (χ0v) is 20.1. The summed E-state index contributed by atoms with van der Waals surface area (Å²) in [6.45, 7) is 1.55. The van der Waals surface area contributed by atoms with Gasteiger partial charge in [0.25, 0.3) is 10.0 Å². The monoisotopic (exact) mass is 488 g/mol. The SMILES string of the molecule is COc1ccc(OC)c(N(CC(=O)NCc2ccccc2Cl)S(=O)(=O)c2ccc(C)cc2)c1. The Bertz CT molecular complexity index is 1230. The van der Waals surface area contributed by atoms with Crippen molar-refractivity contribution >= 4 is 33.2 Å². The molecule has 0 atom stereocenters. The van der Waals surface area contributed by atoms with Crippen LogP contribution in [0.2, 0.25) is 5.02 Å².